The maximum atomic E-state index is 14.6. The van der Waals surface area contributed by atoms with Crippen LogP contribution in [0.15, 0.2) is 12.1 Å². The highest BCUT2D eigenvalue weighted by Gasteiger charge is 2.58. The average Bonchev–Trinajstić information content (AvgIpc) is 3.15. The first-order valence-corrected chi connectivity index (χ1v) is 10.8. The lowest BCUT2D eigenvalue weighted by Crippen LogP contribution is -2.49. The highest BCUT2D eigenvalue weighted by atomic mass is 19.1. The standard InChI is InChI=1S/C23H31FN2O4/c1-5-16-8-18-15(6-14(20(27)28)7-19(18)24)11-25(16)12-23-9-17(10-23)26(13-23)21(29)30-22(2,3)4/h6-7,16-17H,5,8-13H2,1-4H3,(H,27,28)/t16-,17?,23?/m0/s1. The smallest absolute Gasteiger partial charge is 0.410 e. The molecule has 0 aromatic heterocycles. The second-order valence-electron chi connectivity index (χ2n) is 10.2. The number of fused-ring (bicyclic) bond motifs is 2. The van der Waals surface area contributed by atoms with E-state index >= 15 is 0 Å². The van der Waals surface area contributed by atoms with Gasteiger partial charge in [-0.05, 0) is 69.7 Å². The van der Waals surface area contributed by atoms with Crippen LogP contribution in [0.2, 0.25) is 0 Å². The predicted molar refractivity (Wildman–Crippen MR) is 110 cm³/mol. The monoisotopic (exact) mass is 418 g/mol. The maximum absolute atomic E-state index is 14.6. The van der Waals surface area contributed by atoms with Crippen LogP contribution in [0, 0.1) is 11.2 Å². The fourth-order valence-electron chi connectivity index (χ4n) is 5.41. The number of hydrogen-bond donors (Lipinski definition) is 1. The summed E-state index contributed by atoms with van der Waals surface area (Å²) < 4.78 is 20.1. The van der Waals surface area contributed by atoms with Crippen molar-refractivity contribution in [2.24, 2.45) is 5.41 Å². The molecule has 4 aliphatic rings. The molecule has 3 aliphatic heterocycles. The van der Waals surface area contributed by atoms with Crippen LogP contribution in [0.5, 0.6) is 0 Å². The van der Waals surface area contributed by atoms with Crippen molar-refractivity contribution in [2.45, 2.75) is 77.6 Å². The predicted octanol–water partition coefficient (Wildman–Crippen LogP) is 4.06. The molecule has 1 saturated carbocycles. The van der Waals surface area contributed by atoms with Crippen molar-refractivity contribution in [3.8, 4) is 0 Å². The van der Waals surface area contributed by atoms with E-state index in [1.807, 2.05) is 25.7 Å². The van der Waals surface area contributed by atoms with Gasteiger partial charge in [-0.15, -0.1) is 0 Å². The number of hydrogen-bond acceptors (Lipinski definition) is 4. The summed E-state index contributed by atoms with van der Waals surface area (Å²) in [6.07, 6.45) is 3.18. The van der Waals surface area contributed by atoms with Crippen molar-refractivity contribution >= 4 is 12.1 Å². The van der Waals surface area contributed by atoms with Gasteiger partial charge >= 0.3 is 12.1 Å². The van der Waals surface area contributed by atoms with Gasteiger partial charge in [-0.2, -0.15) is 0 Å². The zero-order chi connectivity index (χ0) is 21.8. The number of benzene rings is 1. The number of carboxylic acids is 1. The first-order valence-electron chi connectivity index (χ1n) is 10.8. The summed E-state index contributed by atoms with van der Waals surface area (Å²) >= 11 is 0. The Morgan fingerprint density at radius 3 is 2.60 bits per heavy atom. The van der Waals surface area contributed by atoms with Gasteiger partial charge in [0.25, 0.3) is 0 Å². The molecule has 1 N–H and O–H groups in total. The van der Waals surface area contributed by atoms with Crippen molar-refractivity contribution in [2.75, 3.05) is 13.1 Å². The largest absolute Gasteiger partial charge is 0.478 e. The minimum absolute atomic E-state index is 0.0000119. The molecule has 2 saturated heterocycles. The van der Waals surface area contributed by atoms with Crippen molar-refractivity contribution < 1.29 is 23.8 Å². The van der Waals surface area contributed by atoms with Crippen LogP contribution < -0.4 is 0 Å². The molecule has 0 unspecified atom stereocenters. The number of carbonyl (C=O) groups excluding carboxylic acids is 1. The van der Waals surface area contributed by atoms with E-state index in [1.165, 1.54) is 0 Å². The number of halogens is 1. The molecule has 1 aromatic rings. The van der Waals surface area contributed by atoms with Gasteiger partial charge in [0.1, 0.15) is 11.4 Å². The number of amides is 1. The van der Waals surface area contributed by atoms with E-state index in [-0.39, 0.29) is 29.2 Å². The Kier molecular flexibility index (Phi) is 5.08. The Balaban J connectivity index is 1.49. The van der Waals surface area contributed by atoms with Crippen LogP contribution in [-0.2, 0) is 17.7 Å². The normalized spacial score (nSPS) is 28.1. The van der Waals surface area contributed by atoms with Crippen molar-refractivity contribution in [3.63, 3.8) is 0 Å². The lowest BCUT2D eigenvalue weighted by Gasteiger charge is -2.45. The minimum Gasteiger partial charge on any atom is -0.478 e. The molecule has 0 spiro atoms. The highest BCUT2D eigenvalue weighted by Crippen LogP contribution is 2.53. The average molecular weight is 419 g/mol. The van der Waals surface area contributed by atoms with E-state index in [4.69, 9.17) is 4.74 Å². The van der Waals surface area contributed by atoms with Crippen molar-refractivity contribution in [3.05, 3.63) is 34.6 Å². The molecule has 30 heavy (non-hydrogen) atoms. The third-order valence-electron chi connectivity index (χ3n) is 6.79. The van der Waals surface area contributed by atoms with Gasteiger partial charge in [0.2, 0.25) is 0 Å². The Morgan fingerprint density at radius 2 is 2.00 bits per heavy atom. The lowest BCUT2D eigenvalue weighted by molar-refractivity contribution is 0.0237. The van der Waals surface area contributed by atoms with E-state index in [2.05, 4.69) is 11.8 Å². The highest BCUT2D eigenvalue weighted by molar-refractivity contribution is 5.88. The molecule has 3 fully saturated rings. The second kappa shape index (κ2) is 7.22. The molecule has 7 heteroatoms. The Bertz CT molecular complexity index is 873. The fraction of sp³-hybridized carbons (Fsp3) is 0.652. The van der Waals surface area contributed by atoms with Crippen LogP contribution in [-0.4, -0.2) is 57.7 Å². The third kappa shape index (κ3) is 3.80. The zero-order valence-electron chi connectivity index (χ0n) is 18.2. The third-order valence-corrected chi connectivity index (χ3v) is 6.79. The number of carboxylic acid groups (broad SMARTS) is 1. The van der Waals surface area contributed by atoms with Crippen LogP contribution >= 0.6 is 0 Å². The molecular formula is C23H31FN2O4. The van der Waals surface area contributed by atoms with Gasteiger partial charge in [-0.1, -0.05) is 6.92 Å². The molecule has 6 nitrogen and oxygen atoms in total. The topological polar surface area (TPSA) is 70.1 Å². The van der Waals surface area contributed by atoms with Crippen LogP contribution in [0.25, 0.3) is 0 Å². The number of ether oxygens (including phenoxy) is 1. The number of nitrogens with zero attached hydrogens (tertiary/aromatic N) is 2. The summed E-state index contributed by atoms with van der Waals surface area (Å²) in [5, 5.41) is 9.28. The summed E-state index contributed by atoms with van der Waals surface area (Å²) in [5.74, 6) is -1.52. The van der Waals surface area contributed by atoms with Gasteiger partial charge in [-0.3, -0.25) is 4.90 Å². The molecular weight excluding hydrogens is 387 g/mol. The number of rotatable bonds is 4. The van der Waals surface area contributed by atoms with Gasteiger partial charge in [0.05, 0.1) is 5.56 Å². The van der Waals surface area contributed by atoms with E-state index in [0.717, 1.165) is 37.4 Å². The van der Waals surface area contributed by atoms with Crippen LogP contribution in [0.1, 0.15) is 68.4 Å². The van der Waals surface area contributed by atoms with Gasteiger partial charge in [-0.25, -0.2) is 14.0 Å². The summed E-state index contributed by atoms with van der Waals surface area (Å²) in [6, 6.07) is 3.21. The summed E-state index contributed by atoms with van der Waals surface area (Å²) in [6.45, 7) is 9.81. The Morgan fingerprint density at radius 1 is 1.30 bits per heavy atom. The quantitative estimate of drug-likeness (QED) is 0.799. The number of aromatic carboxylic acids is 1. The molecule has 1 amide bonds. The minimum atomic E-state index is -1.11. The van der Waals surface area contributed by atoms with E-state index < -0.39 is 17.4 Å². The van der Waals surface area contributed by atoms with Crippen molar-refractivity contribution in [1.29, 1.82) is 0 Å². The number of carbonyl (C=O) groups is 2. The Hall–Kier alpha value is -2.15. The van der Waals surface area contributed by atoms with Gasteiger partial charge in [0, 0.05) is 37.1 Å². The lowest BCUT2D eigenvalue weighted by atomic mass is 9.69. The molecule has 2 bridgehead atoms. The molecule has 1 atom stereocenters. The Labute approximate surface area is 177 Å². The summed E-state index contributed by atoms with van der Waals surface area (Å²) in [4.78, 5) is 28.1. The van der Waals surface area contributed by atoms with Crippen LogP contribution in [0.4, 0.5) is 9.18 Å². The zero-order valence-corrected chi connectivity index (χ0v) is 18.2. The summed E-state index contributed by atoms with van der Waals surface area (Å²) in [7, 11) is 0. The second-order valence-corrected chi connectivity index (χ2v) is 10.2. The summed E-state index contributed by atoms with van der Waals surface area (Å²) in [5.41, 5.74) is 0.961. The van der Waals surface area contributed by atoms with E-state index in [9.17, 15) is 19.1 Å². The van der Waals surface area contributed by atoms with Gasteiger partial charge < -0.3 is 14.7 Å². The maximum Gasteiger partial charge on any atom is 0.410 e. The molecule has 5 rings (SSSR count). The molecule has 1 aromatic carbocycles. The molecule has 1 aliphatic carbocycles. The first-order chi connectivity index (χ1) is 14.0. The molecule has 0 radical (unpaired) electrons. The molecule has 164 valence electrons. The van der Waals surface area contributed by atoms with Crippen LogP contribution in [0.3, 0.4) is 0 Å². The van der Waals surface area contributed by atoms with E-state index in [0.29, 0.717) is 25.1 Å². The van der Waals surface area contributed by atoms with Crippen molar-refractivity contribution in [1.82, 2.24) is 9.80 Å². The van der Waals surface area contributed by atoms with E-state index in [1.54, 1.807) is 6.07 Å². The fourth-order valence-corrected chi connectivity index (χ4v) is 5.41. The SMILES string of the molecule is CC[C@H]1Cc2c(F)cc(C(=O)O)cc2CN1CC12CC(C1)N(C(=O)OC(C)(C)C)C2. The van der Waals surface area contributed by atoms with Gasteiger partial charge in [0.15, 0.2) is 0 Å². The molecule has 3 heterocycles. The first kappa shape index (κ1) is 21.1.